The lowest BCUT2D eigenvalue weighted by Crippen LogP contribution is -2.56. The molecule has 1 N–H and O–H groups in total. The predicted octanol–water partition coefficient (Wildman–Crippen LogP) is 2.60. The second-order valence-electron chi connectivity index (χ2n) is 8.09. The number of benzene rings is 1. The molecule has 1 unspecified atom stereocenters. The van der Waals surface area contributed by atoms with Crippen LogP contribution >= 0.6 is 11.6 Å². The Kier molecular flexibility index (Phi) is 4.89. The summed E-state index contributed by atoms with van der Waals surface area (Å²) >= 11 is 6.03. The minimum atomic E-state index is -1.46. The van der Waals surface area contributed by atoms with Crippen molar-refractivity contribution in [3.63, 3.8) is 0 Å². The smallest absolute Gasteiger partial charge is 0.325 e. The SMILES string of the molecule is CC(C)(C)OC(=O)CNC(=O)C1C(=O)c2cc(Cl)ccc2C2(CCC2)C1=O. The van der Waals surface area contributed by atoms with Gasteiger partial charge in [-0.05, 0) is 51.3 Å². The van der Waals surface area contributed by atoms with Gasteiger partial charge >= 0.3 is 5.97 Å². The molecule has 1 aromatic carbocycles. The number of nitrogens with one attached hydrogen (secondary N) is 1. The van der Waals surface area contributed by atoms with Gasteiger partial charge < -0.3 is 10.1 Å². The maximum absolute atomic E-state index is 13.1. The Morgan fingerprint density at radius 2 is 1.93 bits per heavy atom. The van der Waals surface area contributed by atoms with E-state index in [1.807, 2.05) is 0 Å². The van der Waals surface area contributed by atoms with E-state index in [2.05, 4.69) is 5.32 Å². The maximum Gasteiger partial charge on any atom is 0.325 e. The standard InChI is InChI=1S/C20H22ClNO5/c1-19(2,3)27-14(23)10-22-18(26)15-16(24)12-9-11(21)5-6-13(12)20(17(15)25)7-4-8-20/h5-6,9,15H,4,7-8,10H2,1-3H3,(H,22,26). The van der Waals surface area contributed by atoms with Crippen molar-refractivity contribution in [1.29, 1.82) is 0 Å². The minimum Gasteiger partial charge on any atom is -0.459 e. The van der Waals surface area contributed by atoms with E-state index in [1.54, 1.807) is 32.9 Å². The summed E-state index contributed by atoms with van der Waals surface area (Å²) in [7, 11) is 0. The van der Waals surface area contributed by atoms with Crippen LogP contribution in [0.1, 0.15) is 56.0 Å². The van der Waals surface area contributed by atoms with Gasteiger partial charge in [0.2, 0.25) is 5.91 Å². The van der Waals surface area contributed by atoms with Crippen molar-refractivity contribution in [2.75, 3.05) is 6.54 Å². The van der Waals surface area contributed by atoms with Gasteiger partial charge in [0.15, 0.2) is 17.5 Å². The van der Waals surface area contributed by atoms with Gasteiger partial charge in [-0.3, -0.25) is 19.2 Å². The monoisotopic (exact) mass is 391 g/mol. The molecule has 144 valence electrons. The molecule has 1 saturated carbocycles. The highest BCUT2D eigenvalue weighted by Gasteiger charge is 2.56. The fraction of sp³-hybridized carbons (Fsp3) is 0.500. The Bertz CT molecular complexity index is 835. The third kappa shape index (κ3) is 3.50. The first kappa shape index (κ1) is 19.5. The first-order valence-corrected chi connectivity index (χ1v) is 9.31. The lowest BCUT2D eigenvalue weighted by molar-refractivity contribution is -0.155. The number of hydrogen-bond acceptors (Lipinski definition) is 5. The van der Waals surface area contributed by atoms with Crippen LogP contribution in [-0.4, -0.2) is 35.6 Å². The zero-order valence-electron chi connectivity index (χ0n) is 15.6. The van der Waals surface area contributed by atoms with Crippen molar-refractivity contribution in [3.8, 4) is 0 Å². The molecule has 0 radical (unpaired) electrons. The molecule has 1 atom stereocenters. The van der Waals surface area contributed by atoms with Crippen molar-refractivity contribution in [2.45, 2.75) is 51.0 Å². The number of esters is 1. The lowest BCUT2D eigenvalue weighted by atomic mass is 9.55. The summed E-state index contributed by atoms with van der Waals surface area (Å²) in [6.45, 7) is 4.73. The third-order valence-corrected chi connectivity index (χ3v) is 5.29. The van der Waals surface area contributed by atoms with E-state index in [-0.39, 0.29) is 0 Å². The van der Waals surface area contributed by atoms with E-state index in [0.717, 1.165) is 6.42 Å². The van der Waals surface area contributed by atoms with Crippen molar-refractivity contribution in [1.82, 2.24) is 5.32 Å². The first-order valence-electron chi connectivity index (χ1n) is 8.93. The summed E-state index contributed by atoms with van der Waals surface area (Å²) in [5, 5.41) is 2.75. The molecule has 0 aliphatic heterocycles. The van der Waals surface area contributed by atoms with Gasteiger partial charge in [-0.1, -0.05) is 24.1 Å². The molecule has 7 heteroatoms. The van der Waals surface area contributed by atoms with Crippen LogP contribution in [-0.2, 0) is 24.5 Å². The van der Waals surface area contributed by atoms with Gasteiger partial charge in [-0.2, -0.15) is 0 Å². The Hall–Kier alpha value is -2.21. The fourth-order valence-electron chi connectivity index (χ4n) is 3.74. The summed E-state index contributed by atoms with van der Waals surface area (Å²) in [6, 6.07) is 4.88. The van der Waals surface area contributed by atoms with Gasteiger partial charge in [0, 0.05) is 10.6 Å². The summed E-state index contributed by atoms with van der Waals surface area (Å²) < 4.78 is 5.13. The number of fused-ring (bicyclic) bond motifs is 2. The molecule has 2 aliphatic rings. The van der Waals surface area contributed by atoms with Crippen LogP contribution in [0, 0.1) is 5.92 Å². The normalized spacial score (nSPS) is 20.7. The molecule has 0 heterocycles. The van der Waals surface area contributed by atoms with Gasteiger partial charge in [0.05, 0.1) is 5.41 Å². The molecule has 0 saturated heterocycles. The Balaban J connectivity index is 1.83. The number of carbonyl (C=O) groups is 4. The number of ether oxygens (including phenoxy) is 1. The number of Topliss-reactive ketones (excluding diaryl/α,β-unsaturated/α-hetero) is 2. The van der Waals surface area contributed by atoms with E-state index >= 15 is 0 Å². The molecule has 0 aromatic heterocycles. The second-order valence-corrected chi connectivity index (χ2v) is 8.53. The van der Waals surface area contributed by atoms with Crippen LogP contribution < -0.4 is 5.32 Å². The highest BCUT2D eigenvalue weighted by Crippen LogP contribution is 2.50. The minimum absolute atomic E-state index is 0.319. The molecule has 27 heavy (non-hydrogen) atoms. The number of rotatable bonds is 3. The molecule has 1 fully saturated rings. The summed E-state index contributed by atoms with van der Waals surface area (Å²) in [4.78, 5) is 50.4. The number of carbonyl (C=O) groups excluding carboxylic acids is 4. The van der Waals surface area contributed by atoms with Gasteiger partial charge in [0.1, 0.15) is 12.1 Å². The quantitative estimate of drug-likeness (QED) is 0.631. The molecule has 1 amide bonds. The topological polar surface area (TPSA) is 89.5 Å². The average molecular weight is 392 g/mol. The van der Waals surface area contributed by atoms with Crippen molar-refractivity contribution >= 4 is 35.0 Å². The van der Waals surface area contributed by atoms with Crippen molar-refractivity contribution < 1.29 is 23.9 Å². The zero-order valence-corrected chi connectivity index (χ0v) is 16.3. The Morgan fingerprint density at radius 3 is 2.48 bits per heavy atom. The Labute approximate surface area is 162 Å². The molecule has 6 nitrogen and oxygen atoms in total. The van der Waals surface area contributed by atoms with Gasteiger partial charge in [-0.25, -0.2) is 0 Å². The largest absolute Gasteiger partial charge is 0.459 e. The first-order chi connectivity index (χ1) is 12.5. The summed E-state index contributed by atoms with van der Waals surface area (Å²) in [5.41, 5.74) is -0.519. The van der Waals surface area contributed by atoms with Gasteiger partial charge in [-0.15, -0.1) is 0 Å². The van der Waals surface area contributed by atoms with Gasteiger partial charge in [0.25, 0.3) is 0 Å². The van der Waals surface area contributed by atoms with Crippen LogP contribution in [0.25, 0.3) is 0 Å². The fourth-order valence-corrected chi connectivity index (χ4v) is 3.92. The molecule has 1 spiro atoms. The highest BCUT2D eigenvalue weighted by atomic mass is 35.5. The van der Waals surface area contributed by atoms with Crippen LogP contribution in [0.4, 0.5) is 0 Å². The Morgan fingerprint density at radius 1 is 1.26 bits per heavy atom. The maximum atomic E-state index is 13.1. The summed E-state index contributed by atoms with van der Waals surface area (Å²) in [5.74, 6) is -3.83. The second kappa shape index (κ2) is 6.75. The van der Waals surface area contributed by atoms with E-state index in [4.69, 9.17) is 16.3 Å². The van der Waals surface area contributed by atoms with E-state index < -0.39 is 46.9 Å². The number of amides is 1. The predicted molar refractivity (Wildman–Crippen MR) is 98.7 cm³/mol. The molecule has 3 rings (SSSR count). The summed E-state index contributed by atoms with van der Waals surface area (Å²) in [6.07, 6.45) is 2.06. The number of halogens is 1. The average Bonchev–Trinajstić information content (AvgIpc) is 2.51. The van der Waals surface area contributed by atoms with Crippen LogP contribution in [0.5, 0.6) is 0 Å². The molecular formula is C20H22ClNO5. The van der Waals surface area contributed by atoms with Crippen LogP contribution in [0.3, 0.4) is 0 Å². The molecular weight excluding hydrogens is 370 g/mol. The molecule has 1 aromatic rings. The van der Waals surface area contributed by atoms with E-state index in [1.165, 1.54) is 6.07 Å². The lowest BCUT2D eigenvalue weighted by Gasteiger charge is -2.46. The third-order valence-electron chi connectivity index (χ3n) is 5.05. The molecule has 0 bridgehead atoms. The number of hydrogen-bond donors (Lipinski definition) is 1. The van der Waals surface area contributed by atoms with Crippen molar-refractivity contribution in [3.05, 3.63) is 34.3 Å². The van der Waals surface area contributed by atoms with Crippen molar-refractivity contribution in [2.24, 2.45) is 5.92 Å². The number of ketones is 2. The van der Waals surface area contributed by atoms with E-state index in [0.29, 0.717) is 29.0 Å². The highest BCUT2D eigenvalue weighted by molar-refractivity contribution is 6.33. The van der Waals surface area contributed by atoms with Crippen LogP contribution in [0.15, 0.2) is 18.2 Å². The van der Waals surface area contributed by atoms with E-state index in [9.17, 15) is 19.2 Å². The van der Waals surface area contributed by atoms with Crippen LogP contribution in [0.2, 0.25) is 5.02 Å². The zero-order chi connectivity index (χ0) is 20.0. The molecule has 2 aliphatic carbocycles.